The lowest BCUT2D eigenvalue weighted by atomic mass is 10.1. The van der Waals surface area contributed by atoms with Crippen molar-refractivity contribution < 1.29 is 9.53 Å². The number of nitrogen functional groups attached to an aromatic ring is 2. The van der Waals surface area contributed by atoms with Gasteiger partial charge in [0.1, 0.15) is 11.6 Å². The molecule has 5 nitrogen and oxygen atoms in total. The number of amidine groups is 1. The molecule has 23 heavy (non-hydrogen) atoms. The van der Waals surface area contributed by atoms with Crippen LogP contribution in [-0.2, 0) is 0 Å². The highest BCUT2D eigenvalue weighted by Gasteiger charge is 2.09. The molecule has 0 aliphatic carbocycles. The van der Waals surface area contributed by atoms with Crippen LogP contribution in [0.25, 0.3) is 10.8 Å². The lowest BCUT2D eigenvalue weighted by molar-refractivity contribution is 0.0735. The smallest absolute Gasteiger partial charge is 0.343 e. The number of benzene rings is 3. The maximum atomic E-state index is 12.1. The maximum absolute atomic E-state index is 12.1. The average Bonchev–Trinajstić information content (AvgIpc) is 2.54. The van der Waals surface area contributed by atoms with Crippen molar-refractivity contribution in [3.63, 3.8) is 0 Å². The number of fused-ring (bicyclic) bond motifs is 1. The molecule has 0 fully saturated rings. The van der Waals surface area contributed by atoms with Crippen LogP contribution >= 0.6 is 0 Å². The summed E-state index contributed by atoms with van der Waals surface area (Å²) < 4.78 is 5.38. The first-order valence-corrected chi connectivity index (χ1v) is 6.99. The molecule has 0 saturated carbocycles. The predicted molar refractivity (Wildman–Crippen MR) is 90.8 cm³/mol. The highest BCUT2D eigenvalue weighted by atomic mass is 16.5. The van der Waals surface area contributed by atoms with Crippen LogP contribution in [0.3, 0.4) is 0 Å². The molecule has 0 amide bonds. The third kappa shape index (κ3) is 3.13. The largest absolute Gasteiger partial charge is 0.423 e. The molecule has 5 heteroatoms. The van der Waals surface area contributed by atoms with Crippen molar-refractivity contribution in [1.82, 2.24) is 0 Å². The Morgan fingerprint density at radius 3 is 2.17 bits per heavy atom. The molecule has 0 unspecified atom stereocenters. The van der Waals surface area contributed by atoms with Gasteiger partial charge in [-0.1, -0.05) is 18.2 Å². The minimum absolute atomic E-state index is 0.0192. The van der Waals surface area contributed by atoms with Gasteiger partial charge in [-0.05, 0) is 53.2 Å². The van der Waals surface area contributed by atoms with E-state index in [1.54, 1.807) is 42.5 Å². The second-order valence-electron chi connectivity index (χ2n) is 5.15. The highest BCUT2D eigenvalue weighted by Crippen LogP contribution is 2.23. The number of anilines is 1. The SMILES string of the molecule is N=C(N)c1ccc2cc(OC(=O)c3ccc(N)cc3)ccc2c1. The maximum Gasteiger partial charge on any atom is 0.343 e. The van der Waals surface area contributed by atoms with E-state index in [0.717, 1.165) is 10.8 Å². The van der Waals surface area contributed by atoms with Crippen LogP contribution in [0.1, 0.15) is 15.9 Å². The van der Waals surface area contributed by atoms with E-state index >= 15 is 0 Å². The molecule has 5 N–H and O–H groups in total. The highest BCUT2D eigenvalue weighted by molar-refractivity contribution is 5.99. The molecule has 0 heterocycles. The van der Waals surface area contributed by atoms with Crippen molar-refractivity contribution in [2.24, 2.45) is 5.73 Å². The van der Waals surface area contributed by atoms with E-state index in [9.17, 15) is 4.79 Å². The van der Waals surface area contributed by atoms with E-state index in [2.05, 4.69) is 0 Å². The summed E-state index contributed by atoms with van der Waals surface area (Å²) in [6.07, 6.45) is 0. The van der Waals surface area contributed by atoms with Crippen molar-refractivity contribution in [2.75, 3.05) is 5.73 Å². The van der Waals surface area contributed by atoms with Crippen LogP contribution in [0.15, 0.2) is 60.7 Å². The second-order valence-corrected chi connectivity index (χ2v) is 5.15. The number of hydrogen-bond acceptors (Lipinski definition) is 4. The Morgan fingerprint density at radius 2 is 1.48 bits per heavy atom. The zero-order chi connectivity index (χ0) is 16.4. The molecule has 0 radical (unpaired) electrons. The van der Waals surface area contributed by atoms with E-state index in [1.165, 1.54) is 0 Å². The molecule has 3 aromatic rings. The van der Waals surface area contributed by atoms with Gasteiger partial charge >= 0.3 is 5.97 Å². The monoisotopic (exact) mass is 305 g/mol. The van der Waals surface area contributed by atoms with Crippen LogP contribution in [0.4, 0.5) is 5.69 Å². The van der Waals surface area contributed by atoms with Gasteiger partial charge in [-0.2, -0.15) is 0 Å². The Kier molecular flexibility index (Phi) is 3.68. The van der Waals surface area contributed by atoms with Crippen molar-refractivity contribution in [3.05, 3.63) is 71.8 Å². The molecule has 0 bridgehead atoms. The topological polar surface area (TPSA) is 102 Å². The van der Waals surface area contributed by atoms with E-state index in [-0.39, 0.29) is 5.84 Å². The molecule has 0 aliphatic rings. The van der Waals surface area contributed by atoms with Crippen LogP contribution in [0, 0.1) is 5.41 Å². The normalized spacial score (nSPS) is 10.4. The van der Waals surface area contributed by atoms with Crippen molar-refractivity contribution in [2.45, 2.75) is 0 Å². The van der Waals surface area contributed by atoms with Gasteiger partial charge in [0.05, 0.1) is 5.56 Å². The Balaban J connectivity index is 1.86. The molecule has 3 rings (SSSR count). The molecule has 0 aliphatic heterocycles. The van der Waals surface area contributed by atoms with E-state index in [0.29, 0.717) is 22.6 Å². The number of carbonyl (C=O) groups excluding carboxylic acids is 1. The molecule has 3 aromatic carbocycles. The molecule has 0 atom stereocenters. The number of rotatable bonds is 3. The lowest BCUT2D eigenvalue weighted by Gasteiger charge is -2.07. The van der Waals surface area contributed by atoms with Gasteiger partial charge in [0.15, 0.2) is 0 Å². The Labute approximate surface area is 133 Å². The van der Waals surface area contributed by atoms with Crippen LogP contribution in [0.5, 0.6) is 5.75 Å². The van der Waals surface area contributed by atoms with Crippen molar-refractivity contribution in [3.8, 4) is 5.75 Å². The summed E-state index contributed by atoms with van der Waals surface area (Å²) in [6.45, 7) is 0. The lowest BCUT2D eigenvalue weighted by Crippen LogP contribution is -2.10. The molecule has 114 valence electrons. The number of carbonyl (C=O) groups is 1. The van der Waals surface area contributed by atoms with Gasteiger partial charge in [0.25, 0.3) is 0 Å². The van der Waals surface area contributed by atoms with E-state index in [4.69, 9.17) is 21.6 Å². The molecule has 0 aromatic heterocycles. The number of hydrogen-bond donors (Lipinski definition) is 3. The van der Waals surface area contributed by atoms with Gasteiger partial charge in [0.2, 0.25) is 0 Å². The number of nitrogens with two attached hydrogens (primary N) is 2. The van der Waals surface area contributed by atoms with E-state index in [1.807, 2.05) is 18.2 Å². The Morgan fingerprint density at radius 1 is 0.870 bits per heavy atom. The summed E-state index contributed by atoms with van der Waals surface area (Å²) in [7, 11) is 0. The summed E-state index contributed by atoms with van der Waals surface area (Å²) in [5.41, 5.74) is 12.8. The van der Waals surface area contributed by atoms with Crippen LogP contribution < -0.4 is 16.2 Å². The summed E-state index contributed by atoms with van der Waals surface area (Å²) in [6, 6.07) is 17.3. The minimum Gasteiger partial charge on any atom is -0.423 e. The third-order valence-electron chi connectivity index (χ3n) is 3.48. The molecular weight excluding hydrogens is 290 g/mol. The summed E-state index contributed by atoms with van der Waals surface area (Å²) in [5.74, 6) is 0.0327. The van der Waals surface area contributed by atoms with Crippen molar-refractivity contribution in [1.29, 1.82) is 5.41 Å². The molecule has 0 spiro atoms. The van der Waals surface area contributed by atoms with Crippen LogP contribution in [0.2, 0.25) is 0 Å². The zero-order valence-corrected chi connectivity index (χ0v) is 12.2. The minimum atomic E-state index is -0.440. The zero-order valence-electron chi connectivity index (χ0n) is 12.2. The fourth-order valence-corrected chi connectivity index (χ4v) is 2.24. The quantitative estimate of drug-likeness (QED) is 0.227. The number of nitrogens with one attached hydrogen (secondary N) is 1. The third-order valence-corrected chi connectivity index (χ3v) is 3.48. The number of esters is 1. The number of ether oxygens (including phenoxy) is 1. The van der Waals surface area contributed by atoms with Gasteiger partial charge in [0, 0.05) is 11.3 Å². The van der Waals surface area contributed by atoms with Gasteiger partial charge in [-0.15, -0.1) is 0 Å². The first-order chi connectivity index (χ1) is 11.0. The fraction of sp³-hybridized carbons (Fsp3) is 0. The van der Waals surface area contributed by atoms with Crippen LogP contribution in [-0.4, -0.2) is 11.8 Å². The average molecular weight is 305 g/mol. The first-order valence-electron chi connectivity index (χ1n) is 6.99. The molecule has 0 saturated heterocycles. The molecular formula is C18H15N3O2. The Bertz CT molecular complexity index is 902. The second kappa shape index (κ2) is 5.81. The first kappa shape index (κ1) is 14.6. The summed E-state index contributed by atoms with van der Waals surface area (Å²) >= 11 is 0. The van der Waals surface area contributed by atoms with Gasteiger partial charge in [-0.25, -0.2) is 4.79 Å². The standard InChI is InChI=1S/C18H15N3O2/c19-15-6-3-11(4-7-15)18(22)23-16-8-5-12-9-14(17(20)21)2-1-13(12)10-16/h1-10H,19H2,(H3,20,21). The Hall–Kier alpha value is -3.34. The fourth-order valence-electron chi connectivity index (χ4n) is 2.24. The van der Waals surface area contributed by atoms with Gasteiger partial charge < -0.3 is 16.2 Å². The van der Waals surface area contributed by atoms with Gasteiger partial charge in [-0.3, -0.25) is 5.41 Å². The summed E-state index contributed by atoms with van der Waals surface area (Å²) in [4.78, 5) is 12.1. The summed E-state index contributed by atoms with van der Waals surface area (Å²) in [5, 5.41) is 9.28. The van der Waals surface area contributed by atoms with Crippen molar-refractivity contribution >= 4 is 28.3 Å². The predicted octanol–water partition coefficient (Wildman–Crippen LogP) is 2.93. The van der Waals surface area contributed by atoms with E-state index < -0.39 is 5.97 Å².